The van der Waals surface area contributed by atoms with Gasteiger partial charge in [-0.2, -0.15) is 0 Å². The number of hydrogen-bond acceptors (Lipinski definition) is 6. The highest BCUT2D eigenvalue weighted by molar-refractivity contribution is 6.22. The first kappa shape index (κ1) is 21.0. The van der Waals surface area contributed by atoms with Crippen LogP contribution < -0.4 is 5.32 Å². The number of nitrogens with zero attached hydrogens (tertiary/aromatic N) is 1. The molecule has 0 fully saturated rings. The molecular formula is C24H20N2O6. The SMILES string of the molecule is O=C(COC(=O)[C@H](Cc1ccccc1)N1C(=O)c2ccccc2C1=O)NCc1ccco1. The highest BCUT2D eigenvalue weighted by Crippen LogP contribution is 2.26. The van der Waals surface area contributed by atoms with Gasteiger partial charge in [0.05, 0.1) is 23.9 Å². The van der Waals surface area contributed by atoms with Gasteiger partial charge in [0.15, 0.2) is 6.61 Å². The standard InChI is InChI=1S/C24H20N2O6/c27-21(25-14-17-9-6-12-31-17)15-32-24(30)20(13-16-7-2-1-3-8-16)26-22(28)18-10-4-5-11-19(18)23(26)29/h1-12,20H,13-15H2,(H,25,27)/t20-/m0/s1. The molecule has 3 aromatic rings. The van der Waals surface area contributed by atoms with E-state index < -0.39 is 36.3 Å². The van der Waals surface area contributed by atoms with Crippen molar-refractivity contribution < 1.29 is 28.3 Å². The number of benzene rings is 2. The van der Waals surface area contributed by atoms with Gasteiger partial charge in [-0.05, 0) is 29.8 Å². The Morgan fingerprint density at radius 1 is 0.906 bits per heavy atom. The van der Waals surface area contributed by atoms with Gasteiger partial charge in [-0.1, -0.05) is 42.5 Å². The van der Waals surface area contributed by atoms with E-state index in [1.807, 2.05) is 6.07 Å². The zero-order valence-corrected chi connectivity index (χ0v) is 17.0. The molecule has 0 radical (unpaired) electrons. The Bertz CT molecular complexity index is 1110. The molecule has 3 amide bonds. The molecule has 2 aromatic carbocycles. The van der Waals surface area contributed by atoms with Crippen molar-refractivity contribution in [3.8, 4) is 0 Å². The minimum absolute atomic E-state index is 0.0686. The molecule has 0 saturated carbocycles. The minimum atomic E-state index is -1.21. The zero-order valence-electron chi connectivity index (χ0n) is 17.0. The summed E-state index contributed by atoms with van der Waals surface area (Å²) in [4.78, 5) is 51.8. The molecule has 0 unspecified atom stereocenters. The second kappa shape index (κ2) is 9.30. The van der Waals surface area contributed by atoms with Crippen LogP contribution in [0.4, 0.5) is 0 Å². The van der Waals surface area contributed by atoms with E-state index >= 15 is 0 Å². The van der Waals surface area contributed by atoms with Crippen molar-refractivity contribution in [2.45, 2.75) is 19.0 Å². The average molecular weight is 432 g/mol. The van der Waals surface area contributed by atoms with E-state index in [0.717, 1.165) is 10.5 Å². The van der Waals surface area contributed by atoms with Crippen LogP contribution in [0.5, 0.6) is 0 Å². The molecule has 1 aliphatic heterocycles. The number of furan rings is 1. The normalized spacial score (nSPS) is 13.6. The van der Waals surface area contributed by atoms with Crippen LogP contribution in [0.3, 0.4) is 0 Å². The van der Waals surface area contributed by atoms with E-state index in [9.17, 15) is 19.2 Å². The molecule has 2 heterocycles. The van der Waals surface area contributed by atoms with Crippen LogP contribution in [0.2, 0.25) is 0 Å². The molecule has 0 aliphatic carbocycles. The van der Waals surface area contributed by atoms with Gasteiger partial charge in [-0.3, -0.25) is 19.3 Å². The Kier molecular flexibility index (Phi) is 6.12. The van der Waals surface area contributed by atoms with Crippen molar-refractivity contribution >= 4 is 23.7 Å². The molecule has 1 aliphatic rings. The summed E-state index contributed by atoms with van der Waals surface area (Å²) in [7, 11) is 0. The van der Waals surface area contributed by atoms with Crippen molar-refractivity contribution in [3.05, 3.63) is 95.4 Å². The third kappa shape index (κ3) is 4.44. The molecule has 0 bridgehead atoms. The molecular weight excluding hydrogens is 412 g/mol. The van der Waals surface area contributed by atoms with E-state index in [1.165, 1.54) is 6.26 Å². The Morgan fingerprint density at radius 2 is 1.56 bits per heavy atom. The van der Waals surface area contributed by atoms with Gasteiger partial charge >= 0.3 is 5.97 Å². The van der Waals surface area contributed by atoms with Gasteiger partial charge in [0.25, 0.3) is 17.7 Å². The molecule has 0 spiro atoms. The highest BCUT2D eigenvalue weighted by Gasteiger charge is 2.43. The number of amides is 3. The number of nitrogens with one attached hydrogen (secondary N) is 1. The Morgan fingerprint density at radius 3 is 2.19 bits per heavy atom. The summed E-state index contributed by atoms with van der Waals surface area (Å²) in [6, 6.07) is 17.6. The number of ether oxygens (including phenoxy) is 1. The topological polar surface area (TPSA) is 106 Å². The van der Waals surface area contributed by atoms with Crippen molar-refractivity contribution in [1.82, 2.24) is 10.2 Å². The molecule has 1 aromatic heterocycles. The van der Waals surface area contributed by atoms with Crippen molar-refractivity contribution in [2.24, 2.45) is 0 Å². The van der Waals surface area contributed by atoms with E-state index in [1.54, 1.807) is 60.7 Å². The van der Waals surface area contributed by atoms with Crippen LogP contribution >= 0.6 is 0 Å². The first-order valence-electron chi connectivity index (χ1n) is 10.0. The van der Waals surface area contributed by atoms with Crippen LogP contribution in [0.1, 0.15) is 32.0 Å². The summed E-state index contributed by atoms with van der Waals surface area (Å²) in [6.07, 6.45) is 1.55. The van der Waals surface area contributed by atoms with E-state index in [4.69, 9.17) is 9.15 Å². The summed E-state index contributed by atoms with van der Waals surface area (Å²) in [5.41, 5.74) is 1.22. The zero-order chi connectivity index (χ0) is 22.5. The van der Waals surface area contributed by atoms with Gasteiger partial charge in [0.2, 0.25) is 0 Å². The number of rotatable bonds is 8. The Hall–Kier alpha value is -4.20. The van der Waals surface area contributed by atoms with E-state index in [2.05, 4.69) is 5.32 Å². The maximum absolute atomic E-state index is 12.9. The monoisotopic (exact) mass is 432 g/mol. The molecule has 8 nitrogen and oxygen atoms in total. The quantitative estimate of drug-likeness (QED) is 0.433. The summed E-state index contributed by atoms with van der Waals surface area (Å²) in [6.45, 7) is -0.400. The van der Waals surface area contributed by atoms with Crippen LogP contribution in [-0.2, 0) is 27.3 Å². The Labute approximate surface area is 183 Å². The fraction of sp³-hybridized carbons (Fsp3) is 0.167. The lowest BCUT2D eigenvalue weighted by Gasteiger charge is -2.24. The van der Waals surface area contributed by atoms with E-state index in [0.29, 0.717) is 5.76 Å². The lowest BCUT2D eigenvalue weighted by molar-refractivity contribution is -0.152. The number of carbonyl (C=O) groups excluding carboxylic acids is 4. The predicted molar refractivity (Wildman–Crippen MR) is 112 cm³/mol. The van der Waals surface area contributed by atoms with Gasteiger partial charge in [-0.25, -0.2) is 4.79 Å². The molecule has 4 rings (SSSR count). The number of fused-ring (bicyclic) bond motifs is 1. The lowest BCUT2D eigenvalue weighted by Crippen LogP contribution is -2.47. The predicted octanol–water partition coefficient (Wildman–Crippen LogP) is 2.35. The summed E-state index contributed by atoms with van der Waals surface area (Å²) in [5, 5.41) is 2.57. The van der Waals surface area contributed by atoms with Gasteiger partial charge in [0, 0.05) is 6.42 Å². The third-order valence-electron chi connectivity index (χ3n) is 5.07. The van der Waals surface area contributed by atoms with Crippen LogP contribution in [0.25, 0.3) is 0 Å². The Balaban J connectivity index is 1.48. The fourth-order valence-electron chi connectivity index (χ4n) is 3.49. The van der Waals surface area contributed by atoms with Gasteiger partial charge in [0.1, 0.15) is 11.8 Å². The smallest absolute Gasteiger partial charge is 0.330 e. The second-order valence-corrected chi connectivity index (χ2v) is 7.20. The van der Waals surface area contributed by atoms with Gasteiger partial charge < -0.3 is 14.5 Å². The van der Waals surface area contributed by atoms with Gasteiger partial charge in [-0.15, -0.1) is 0 Å². The highest BCUT2D eigenvalue weighted by atomic mass is 16.5. The second-order valence-electron chi connectivity index (χ2n) is 7.20. The lowest BCUT2D eigenvalue weighted by atomic mass is 10.0. The molecule has 1 atom stereocenters. The summed E-state index contributed by atoms with van der Waals surface area (Å²) >= 11 is 0. The minimum Gasteiger partial charge on any atom is -0.467 e. The number of carbonyl (C=O) groups is 4. The number of imide groups is 1. The van der Waals surface area contributed by atoms with Crippen molar-refractivity contribution in [1.29, 1.82) is 0 Å². The maximum Gasteiger partial charge on any atom is 0.330 e. The number of esters is 1. The largest absolute Gasteiger partial charge is 0.467 e. The van der Waals surface area contributed by atoms with Crippen molar-refractivity contribution in [3.63, 3.8) is 0 Å². The third-order valence-corrected chi connectivity index (χ3v) is 5.07. The molecule has 1 N–H and O–H groups in total. The molecule has 0 saturated heterocycles. The first-order valence-corrected chi connectivity index (χ1v) is 10.0. The van der Waals surface area contributed by atoms with Crippen molar-refractivity contribution in [2.75, 3.05) is 6.61 Å². The maximum atomic E-state index is 12.9. The summed E-state index contributed by atoms with van der Waals surface area (Å²) in [5.74, 6) is -1.94. The molecule has 32 heavy (non-hydrogen) atoms. The number of hydrogen-bond donors (Lipinski definition) is 1. The first-order chi connectivity index (χ1) is 15.5. The fourth-order valence-corrected chi connectivity index (χ4v) is 3.49. The van der Waals surface area contributed by atoms with Crippen LogP contribution in [0.15, 0.2) is 77.4 Å². The summed E-state index contributed by atoms with van der Waals surface area (Å²) < 4.78 is 10.3. The van der Waals surface area contributed by atoms with Crippen LogP contribution in [-0.4, -0.2) is 41.2 Å². The van der Waals surface area contributed by atoms with E-state index in [-0.39, 0.29) is 24.1 Å². The average Bonchev–Trinajstić information content (AvgIpc) is 3.42. The molecule has 162 valence electrons. The van der Waals surface area contributed by atoms with Crippen LogP contribution in [0, 0.1) is 0 Å². The molecule has 8 heteroatoms.